The zero-order valence-electron chi connectivity index (χ0n) is 10.1. The number of rotatable bonds is 2. The van der Waals surface area contributed by atoms with Crippen LogP contribution in [0.3, 0.4) is 0 Å². The van der Waals surface area contributed by atoms with Crippen molar-refractivity contribution in [3.05, 3.63) is 0 Å². The number of nitrogens with one attached hydrogen (secondary N) is 1. The highest BCUT2D eigenvalue weighted by atomic mass is 16.6. The van der Waals surface area contributed by atoms with Gasteiger partial charge in [-0.05, 0) is 19.8 Å². The molecule has 88 valence electrons. The molecule has 0 aromatic rings. The van der Waals surface area contributed by atoms with E-state index in [-0.39, 0.29) is 17.3 Å². The fourth-order valence-corrected chi connectivity index (χ4v) is 2.78. The van der Waals surface area contributed by atoms with E-state index < -0.39 is 0 Å². The first kappa shape index (κ1) is 11.4. The Morgan fingerprint density at radius 1 is 1.27 bits per heavy atom. The van der Waals surface area contributed by atoms with Gasteiger partial charge in [-0.1, -0.05) is 13.8 Å². The molecule has 0 aromatic heterocycles. The van der Waals surface area contributed by atoms with Gasteiger partial charge in [0, 0.05) is 26.1 Å². The first-order chi connectivity index (χ1) is 7.16. The fourth-order valence-electron chi connectivity index (χ4n) is 2.78. The molecular formula is C12H23NO2. The topological polar surface area (TPSA) is 30.5 Å². The van der Waals surface area contributed by atoms with Gasteiger partial charge in [-0.25, -0.2) is 0 Å². The maximum atomic E-state index is 6.45. The van der Waals surface area contributed by atoms with Crippen LogP contribution in [0.1, 0.15) is 40.0 Å². The Kier molecular flexibility index (Phi) is 3.06. The van der Waals surface area contributed by atoms with Crippen LogP contribution in [0.4, 0.5) is 0 Å². The molecule has 3 nitrogen and oxygen atoms in total. The standard InChI is InChI=1S/C12H23NO2/c1-4-11(5-2)8-13-9-12(15-11)6-7-14-10(12)3/h10,13H,4-9H2,1-3H3. The normalized spacial score (nSPS) is 39.8. The van der Waals surface area contributed by atoms with Crippen LogP contribution in [0.5, 0.6) is 0 Å². The second-order valence-corrected chi connectivity index (χ2v) is 4.92. The number of hydrogen-bond donors (Lipinski definition) is 1. The predicted molar refractivity (Wildman–Crippen MR) is 60.0 cm³/mol. The van der Waals surface area contributed by atoms with E-state index in [4.69, 9.17) is 9.47 Å². The molecule has 0 aliphatic carbocycles. The van der Waals surface area contributed by atoms with E-state index in [1.54, 1.807) is 0 Å². The molecule has 0 bridgehead atoms. The fraction of sp³-hybridized carbons (Fsp3) is 1.00. The largest absolute Gasteiger partial charge is 0.375 e. The van der Waals surface area contributed by atoms with E-state index >= 15 is 0 Å². The van der Waals surface area contributed by atoms with Crippen molar-refractivity contribution >= 4 is 0 Å². The van der Waals surface area contributed by atoms with Crippen molar-refractivity contribution < 1.29 is 9.47 Å². The third-order valence-electron chi connectivity index (χ3n) is 4.21. The molecule has 15 heavy (non-hydrogen) atoms. The third kappa shape index (κ3) is 1.81. The summed E-state index contributed by atoms with van der Waals surface area (Å²) in [4.78, 5) is 0. The highest BCUT2D eigenvalue weighted by Gasteiger charge is 2.50. The molecule has 1 N–H and O–H groups in total. The van der Waals surface area contributed by atoms with E-state index in [0.29, 0.717) is 0 Å². The van der Waals surface area contributed by atoms with Crippen molar-refractivity contribution in [1.82, 2.24) is 5.32 Å². The smallest absolute Gasteiger partial charge is 0.109 e. The first-order valence-corrected chi connectivity index (χ1v) is 6.19. The van der Waals surface area contributed by atoms with Crippen LogP contribution in [0, 0.1) is 0 Å². The zero-order chi connectivity index (χ0) is 10.9. The maximum absolute atomic E-state index is 6.45. The van der Waals surface area contributed by atoms with Gasteiger partial charge in [0.1, 0.15) is 5.60 Å². The van der Waals surface area contributed by atoms with Gasteiger partial charge in [-0.3, -0.25) is 0 Å². The Morgan fingerprint density at radius 3 is 2.53 bits per heavy atom. The summed E-state index contributed by atoms with van der Waals surface area (Å²) in [5.41, 5.74) is -0.0372. The molecule has 2 fully saturated rings. The molecule has 1 spiro atoms. The minimum Gasteiger partial charge on any atom is -0.375 e. The second-order valence-electron chi connectivity index (χ2n) is 4.92. The van der Waals surface area contributed by atoms with Gasteiger partial charge in [-0.15, -0.1) is 0 Å². The Labute approximate surface area is 92.5 Å². The molecule has 2 unspecified atom stereocenters. The SMILES string of the molecule is CCC1(CC)CNCC2(CCOC2C)O1. The average molecular weight is 213 g/mol. The summed E-state index contributed by atoms with van der Waals surface area (Å²) in [5.74, 6) is 0. The molecule has 2 atom stereocenters. The third-order valence-corrected chi connectivity index (χ3v) is 4.21. The quantitative estimate of drug-likeness (QED) is 0.757. The molecule has 2 aliphatic heterocycles. The molecular weight excluding hydrogens is 190 g/mol. The Morgan fingerprint density at radius 2 is 2.00 bits per heavy atom. The van der Waals surface area contributed by atoms with Crippen molar-refractivity contribution in [3.63, 3.8) is 0 Å². The van der Waals surface area contributed by atoms with Gasteiger partial charge in [0.15, 0.2) is 0 Å². The summed E-state index contributed by atoms with van der Waals surface area (Å²) in [7, 11) is 0. The molecule has 0 aromatic carbocycles. The summed E-state index contributed by atoms with van der Waals surface area (Å²) in [6, 6.07) is 0. The van der Waals surface area contributed by atoms with E-state index in [1.165, 1.54) is 0 Å². The summed E-state index contributed by atoms with van der Waals surface area (Å²) in [5, 5.41) is 3.54. The van der Waals surface area contributed by atoms with Crippen LogP contribution in [-0.2, 0) is 9.47 Å². The van der Waals surface area contributed by atoms with Crippen molar-refractivity contribution in [2.45, 2.75) is 57.3 Å². The zero-order valence-corrected chi connectivity index (χ0v) is 10.1. The van der Waals surface area contributed by atoms with Gasteiger partial charge in [0.05, 0.1) is 11.7 Å². The van der Waals surface area contributed by atoms with Crippen molar-refractivity contribution in [3.8, 4) is 0 Å². The van der Waals surface area contributed by atoms with Crippen LogP contribution in [0.2, 0.25) is 0 Å². The molecule has 3 heteroatoms. The monoisotopic (exact) mass is 213 g/mol. The summed E-state index contributed by atoms with van der Waals surface area (Å²) >= 11 is 0. The second kappa shape index (κ2) is 4.04. The van der Waals surface area contributed by atoms with Crippen LogP contribution >= 0.6 is 0 Å². The number of ether oxygens (including phenoxy) is 2. The van der Waals surface area contributed by atoms with Gasteiger partial charge in [0.2, 0.25) is 0 Å². The van der Waals surface area contributed by atoms with Crippen LogP contribution in [0.25, 0.3) is 0 Å². The lowest BCUT2D eigenvalue weighted by atomic mass is 9.87. The van der Waals surface area contributed by atoms with E-state index in [0.717, 1.165) is 39.0 Å². The first-order valence-electron chi connectivity index (χ1n) is 6.19. The van der Waals surface area contributed by atoms with Gasteiger partial charge in [-0.2, -0.15) is 0 Å². The van der Waals surface area contributed by atoms with Crippen LogP contribution in [-0.4, -0.2) is 37.0 Å². The van der Waals surface area contributed by atoms with E-state index in [2.05, 4.69) is 26.1 Å². The molecule has 2 aliphatic rings. The molecule has 0 amide bonds. The van der Waals surface area contributed by atoms with Crippen LogP contribution < -0.4 is 5.32 Å². The van der Waals surface area contributed by atoms with Gasteiger partial charge in [0.25, 0.3) is 0 Å². The molecule has 0 saturated carbocycles. The Bertz CT molecular complexity index is 228. The Hall–Kier alpha value is -0.120. The highest BCUT2D eigenvalue weighted by molar-refractivity contribution is 5.01. The predicted octanol–water partition coefficient (Wildman–Crippen LogP) is 1.71. The number of morpholine rings is 1. The Balaban J connectivity index is 2.15. The van der Waals surface area contributed by atoms with Crippen molar-refractivity contribution in [2.75, 3.05) is 19.7 Å². The van der Waals surface area contributed by atoms with E-state index in [1.807, 2.05) is 0 Å². The van der Waals surface area contributed by atoms with Crippen molar-refractivity contribution in [1.29, 1.82) is 0 Å². The lowest BCUT2D eigenvalue weighted by Gasteiger charge is -2.48. The molecule has 0 radical (unpaired) electrons. The molecule has 2 saturated heterocycles. The average Bonchev–Trinajstić information content (AvgIpc) is 2.60. The van der Waals surface area contributed by atoms with Crippen LogP contribution in [0.15, 0.2) is 0 Å². The minimum atomic E-state index is -0.0652. The maximum Gasteiger partial charge on any atom is 0.109 e. The molecule has 2 rings (SSSR count). The lowest BCUT2D eigenvalue weighted by Crippen LogP contribution is -2.62. The number of hydrogen-bond acceptors (Lipinski definition) is 3. The summed E-state index contributed by atoms with van der Waals surface area (Å²) in [6.07, 6.45) is 3.40. The summed E-state index contributed by atoms with van der Waals surface area (Å²) in [6.45, 7) is 9.32. The van der Waals surface area contributed by atoms with E-state index in [9.17, 15) is 0 Å². The highest BCUT2D eigenvalue weighted by Crippen LogP contribution is 2.38. The minimum absolute atomic E-state index is 0.0280. The van der Waals surface area contributed by atoms with Gasteiger partial charge < -0.3 is 14.8 Å². The van der Waals surface area contributed by atoms with Crippen molar-refractivity contribution in [2.24, 2.45) is 0 Å². The lowest BCUT2D eigenvalue weighted by molar-refractivity contribution is -0.197. The molecule has 2 heterocycles. The summed E-state index contributed by atoms with van der Waals surface area (Å²) < 4.78 is 12.1. The van der Waals surface area contributed by atoms with Gasteiger partial charge >= 0.3 is 0 Å².